The minimum absolute atomic E-state index is 0.0294. The molecule has 0 bridgehead atoms. The third kappa shape index (κ3) is 4.43. The van der Waals surface area contributed by atoms with E-state index < -0.39 is 48.7 Å². The average molecular weight is 370 g/mol. The first kappa shape index (κ1) is 20.0. The summed E-state index contributed by atoms with van der Waals surface area (Å²) in [5.74, 6) is -2.01. The van der Waals surface area contributed by atoms with Crippen molar-refractivity contribution < 1.29 is 44.6 Å². The summed E-state index contributed by atoms with van der Waals surface area (Å²) in [5, 5.41) is 48.3. The van der Waals surface area contributed by atoms with Crippen LogP contribution in [0.2, 0.25) is 0 Å². The van der Waals surface area contributed by atoms with Gasteiger partial charge in [0, 0.05) is 19.3 Å². The lowest BCUT2D eigenvalue weighted by Crippen LogP contribution is -2.57. The number of hydrogen-bond donors (Lipinski definition) is 5. The van der Waals surface area contributed by atoms with Crippen LogP contribution in [0.25, 0.3) is 0 Å². The number of rotatable bonds is 6. The number of carbonyl (C=O) groups is 2. The number of carbonyl (C=O) groups excluding carboxylic acids is 1. The highest BCUT2D eigenvalue weighted by Gasteiger charge is 2.50. The number of hydrogen-bond acceptors (Lipinski definition) is 8. The molecule has 1 aromatic rings. The Labute approximate surface area is 149 Å². The van der Waals surface area contributed by atoms with Gasteiger partial charge >= 0.3 is 11.9 Å². The molecule has 1 aliphatic rings. The van der Waals surface area contributed by atoms with Crippen LogP contribution in [-0.2, 0) is 20.7 Å². The number of methoxy groups -OCH3 is 1. The van der Waals surface area contributed by atoms with E-state index in [-0.39, 0.29) is 24.3 Å². The van der Waals surface area contributed by atoms with Gasteiger partial charge in [0.05, 0.1) is 19.3 Å². The predicted octanol–water partition coefficient (Wildman–Crippen LogP) is -0.423. The zero-order valence-electron chi connectivity index (χ0n) is 14.2. The SMILES string of the molecule is COc1cc(CCC(=O)OC2C(O)CC(O)(C(=O)O)CC2O)ccc1O. The van der Waals surface area contributed by atoms with Gasteiger partial charge in [0.1, 0.15) is 0 Å². The van der Waals surface area contributed by atoms with Crippen molar-refractivity contribution in [2.45, 2.75) is 49.6 Å². The van der Waals surface area contributed by atoms with Crippen molar-refractivity contribution in [1.82, 2.24) is 0 Å². The van der Waals surface area contributed by atoms with E-state index >= 15 is 0 Å². The average Bonchev–Trinajstić information content (AvgIpc) is 2.57. The minimum atomic E-state index is -2.26. The van der Waals surface area contributed by atoms with Crippen molar-refractivity contribution in [3.8, 4) is 11.5 Å². The molecule has 2 rings (SSSR count). The number of aliphatic hydroxyl groups excluding tert-OH is 2. The Balaban J connectivity index is 1.92. The number of ether oxygens (including phenoxy) is 2. The molecule has 1 fully saturated rings. The summed E-state index contributed by atoms with van der Waals surface area (Å²) >= 11 is 0. The van der Waals surface area contributed by atoms with Crippen LogP contribution in [0.4, 0.5) is 0 Å². The van der Waals surface area contributed by atoms with Gasteiger partial charge in [-0.15, -0.1) is 0 Å². The van der Waals surface area contributed by atoms with Crippen molar-refractivity contribution in [3.63, 3.8) is 0 Å². The Kier molecular flexibility index (Phi) is 6.06. The maximum Gasteiger partial charge on any atom is 0.335 e. The fourth-order valence-electron chi connectivity index (χ4n) is 2.93. The zero-order chi connectivity index (χ0) is 19.5. The molecule has 2 unspecified atom stereocenters. The van der Waals surface area contributed by atoms with Crippen molar-refractivity contribution in [2.75, 3.05) is 7.11 Å². The number of aliphatic carboxylic acids is 1. The Bertz CT molecular complexity index is 660. The molecule has 0 saturated heterocycles. The number of esters is 1. The summed E-state index contributed by atoms with van der Waals surface area (Å²) in [6.45, 7) is 0. The summed E-state index contributed by atoms with van der Waals surface area (Å²) in [5.41, 5.74) is -1.55. The predicted molar refractivity (Wildman–Crippen MR) is 86.7 cm³/mol. The monoisotopic (exact) mass is 370 g/mol. The topological polar surface area (TPSA) is 154 Å². The van der Waals surface area contributed by atoms with Crippen LogP contribution in [0, 0.1) is 0 Å². The van der Waals surface area contributed by atoms with Gasteiger partial charge in [-0.1, -0.05) is 6.07 Å². The van der Waals surface area contributed by atoms with Crippen LogP contribution in [0.3, 0.4) is 0 Å². The highest BCUT2D eigenvalue weighted by Crippen LogP contribution is 2.31. The number of aromatic hydroxyl groups is 1. The number of aryl methyl sites for hydroxylation is 1. The van der Waals surface area contributed by atoms with Gasteiger partial charge in [-0.3, -0.25) is 4.79 Å². The first-order valence-electron chi connectivity index (χ1n) is 8.03. The van der Waals surface area contributed by atoms with Gasteiger partial charge in [0.15, 0.2) is 23.2 Å². The number of carboxylic acid groups (broad SMARTS) is 1. The maximum atomic E-state index is 12.0. The molecule has 26 heavy (non-hydrogen) atoms. The minimum Gasteiger partial charge on any atom is -0.504 e. The summed E-state index contributed by atoms with van der Waals surface area (Å²) < 4.78 is 10.0. The van der Waals surface area contributed by atoms with Crippen LogP contribution in [0.5, 0.6) is 11.5 Å². The highest BCUT2D eigenvalue weighted by atomic mass is 16.6. The molecule has 9 heteroatoms. The molecule has 1 aliphatic carbocycles. The normalized spacial score (nSPS) is 28.4. The number of phenols is 1. The third-order valence-electron chi connectivity index (χ3n) is 4.38. The van der Waals surface area contributed by atoms with Gasteiger partial charge in [-0.25, -0.2) is 4.79 Å². The fraction of sp³-hybridized carbons (Fsp3) is 0.529. The van der Waals surface area contributed by atoms with Crippen LogP contribution < -0.4 is 4.74 Å². The second kappa shape index (κ2) is 7.90. The molecule has 0 aromatic heterocycles. The first-order valence-corrected chi connectivity index (χ1v) is 8.03. The van der Waals surface area contributed by atoms with E-state index in [0.717, 1.165) is 0 Å². The molecule has 1 aromatic carbocycles. The lowest BCUT2D eigenvalue weighted by molar-refractivity contribution is -0.198. The lowest BCUT2D eigenvalue weighted by Gasteiger charge is -2.39. The van der Waals surface area contributed by atoms with Crippen molar-refractivity contribution in [2.24, 2.45) is 0 Å². The smallest absolute Gasteiger partial charge is 0.335 e. The second-order valence-corrected chi connectivity index (χ2v) is 6.34. The zero-order valence-corrected chi connectivity index (χ0v) is 14.2. The Morgan fingerprint density at radius 1 is 1.23 bits per heavy atom. The molecule has 0 spiro atoms. The summed E-state index contributed by atoms with van der Waals surface area (Å²) in [4.78, 5) is 23.0. The van der Waals surface area contributed by atoms with Gasteiger partial charge in [-0.05, 0) is 24.1 Å². The molecule has 0 aliphatic heterocycles. The van der Waals surface area contributed by atoms with Crippen molar-refractivity contribution >= 4 is 11.9 Å². The van der Waals surface area contributed by atoms with E-state index in [1.807, 2.05) is 0 Å². The van der Waals surface area contributed by atoms with E-state index in [9.17, 15) is 30.0 Å². The van der Waals surface area contributed by atoms with Crippen LogP contribution in [0.1, 0.15) is 24.8 Å². The molecule has 9 nitrogen and oxygen atoms in total. The molecule has 5 N–H and O–H groups in total. The van der Waals surface area contributed by atoms with Gasteiger partial charge in [-0.2, -0.15) is 0 Å². The highest BCUT2D eigenvalue weighted by molar-refractivity contribution is 5.77. The van der Waals surface area contributed by atoms with Gasteiger partial charge in [0.2, 0.25) is 0 Å². The van der Waals surface area contributed by atoms with Crippen LogP contribution >= 0.6 is 0 Å². The van der Waals surface area contributed by atoms with Gasteiger partial charge in [0.25, 0.3) is 0 Å². The first-order chi connectivity index (χ1) is 12.2. The standard InChI is InChI=1S/C17H22O9/c1-25-13-6-9(2-4-10(13)18)3-5-14(21)26-15-11(19)7-17(24,16(22)23)8-12(15)20/h2,4,6,11-12,15,18-20,24H,3,5,7-8H2,1H3,(H,22,23). The second-order valence-electron chi connectivity index (χ2n) is 6.34. The fourth-order valence-corrected chi connectivity index (χ4v) is 2.93. The summed E-state index contributed by atoms with van der Waals surface area (Å²) in [6, 6.07) is 4.61. The van der Waals surface area contributed by atoms with Gasteiger partial charge < -0.3 is 35.0 Å². The summed E-state index contributed by atoms with van der Waals surface area (Å²) in [7, 11) is 1.40. The van der Waals surface area contributed by atoms with E-state index in [0.29, 0.717) is 5.56 Å². The largest absolute Gasteiger partial charge is 0.504 e. The molecule has 0 radical (unpaired) electrons. The molecular formula is C17H22O9. The van der Waals surface area contributed by atoms with Crippen LogP contribution in [-0.4, -0.2) is 68.5 Å². The molecular weight excluding hydrogens is 348 g/mol. The van der Waals surface area contributed by atoms with Crippen molar-refractivity contribution in [3.05, 3.63) is 23.8 Å². The number of benzene rings is 1. The van der Waals surface area contributed by atoms with Crippen LogP contribution in [0.15, 0.2) is 18.2 Å². The quantitative estimate of drug-likeness (QED) is 0.420. The van der Waals surface area contributed by atoms with E-state index in [2.05, 4.69) is 0 Å². The molecule has 2 atom stereocenters. The van der Waals surface area contributed by atoms with E-state index in [4.69, 9.17) is 14.6 Å². The van der Waals surface area contributed by atoms with Crippen molar-refractivity contribution in [1.29, 1.82) is 0 Å². The third-order valence-corrected chi connectivity index (χ3v) is 4.38. The molecule has 0 amide bonds. The van der Waals surface area contributed by atoms with E-state index in [1.54, 1.807) is 12.1 Å². The Morgan fingerprint density at radius 3 is 2.38 bits per heavy atom. The Hall–Kier alpha value is -2.36. The number of aliphatic hydroxyl groups is 3. The number of phenolic OH excluding ortho intramolecular Hbond substituents is 1. The van der Waals surface area contributed by atoms with E-state index in [1.165, 1.54) is 13.2 Å². The summed E-state index contributed by atoms with van der Waals surface area (Å²) in [6.07, 6.45) is -5.20. The Morgan fingerprint density at radius 2 is 1.85 bits per heavy atom. The lowest BCUT2D eigenvalue weighted by atomic mass is 9.79. The molecule has 144 valence electrons. The number of carboxylic acids is 1. The molecule has 0 heterocycles. The molecule has 1 saturated carbocycles. The maximum absolute atomic E-state index is 12.0.